The third-order valence-corrected chi connectivity index (χ3v) is 7.34. The summed E-state index contributed by atoms with van der Waals surface area (Å²) in [6.45, 7) is 6.71. The number of benzene rings is 2. The number of H-pyrrole nitrogens is 1. The van der Waals surface area contributed by atoms with Gasteiger partial charge in [0.2, 0.25) is 0 Å². The van der Waals surface area contributed by atoms with Crippen LogP contribution >= 0.6 is 34.4 Å². The van der Waals surface area contributed by atoms with Gasteiger partial charge >= 0.3 is 0 Å². The molecule has 0 spiro atoms. The molecule has 0 atom stereocenters. The third kappa shape index (κ3) is 4.37. The predicted molar refractivity (Wildman–Crippen MR) is 129 cm³/mol. The van der Waals surface area contributed by atoms with Crippen LogP contribution in [0.15, 0.2) is 69.4 Å². The molecule has 30 heavy (non-hydrogen) atoms. The van der Waals surface area contributed by atoms with Gasteiger partial charge in [0.05, 0.1) is 10.1 Å². The van der Waals surface area contributed by atoms with E-state index in [9.17, 15) is 4.79 Å². The van der Waals surface area contributed by atoms with E-state index in [2.05, 4.69) is 69.8 Å². The normalized spacial score (nSPS) is 11.1. The first-order chi connectivity index (χ1) is 14.4. The Morgan fingerprint density at radius 3 is 2.47 bits per heavy atom. The molecule has 0 radical (unpaired) electrons. The monoisotopic (exact) mass is 528 g/mol. The van der Waals surface area contributed by atoms with Crippen molar-refractivity contribution in [2.24, 2.45) is 0 Å². The van der Waals surface area contributed by atoms with E-state index in [0.717, 1.165) is 32.4 Å². The van der Waals surface area contributed by atoms with Crippen LogP contribution in [-0.2, 0) is 6.54 Å². The van der Waals surface area contributed by atoms with Crippen LogP contribution in [0.3, 0.4) is 0 Å². The van der Waals surface area contributed by atoms with Gasteiger partial charge in [-0.2, -0.15) is 0 Å². The number of pyridine rings is 1. The minimum Gasteiger partial charge on any atom is -0.325 e. The van der Waals surface area contributed by atoms with Gasteiger partial charge in [0.1, 0.15) is 6.33 Å². The van der Waals surface area contributed by atoms with Gasteiger partial charge in [-0.15, -0.1) is 10.2 Å². The van der Waals surface area contributed by atoms with Crippen molar-refractivity contribution in [3.63, 3.8) is 0 Å². The molecule has 2 aromatic carbocycles. The molecule has 1 N–H and O–H groups in total. The molecule has 5 nitrogen and oxygen atoms in total. The van der Waals surface area contributed by atoms with Crippen LogP contribution in [0.25, 0.3) is 11.4 Å². The number of nitrogens with one attached hydrogen (secondary N) is 1. The van der Waals surface area contributed by atoms with Gasteiger partial charge in [-0.1, -0.05) is 48.2 Å². The lowest BCUT2D eigenvalue weighted by Crippen LogP contribution is -2.17. The van der Waals surface area contributed by atoms with Gasteiger partial charge in [-0.05, 0) is 66.6 Å². The minimum absolute atomic E-state index is 0.0595. The molecule has 0 bridgehead atoms. The molecule has 0 unspecified atom stereocenters. The van der Waals surface area contributed by atoms with Gasteiger partial charge < -0.3 is 9.55 Å². The SMILES string of the molecule is Cc1cc(C)cc(Sc2c(Cn3cnnc3-c3ccccc3)c(C)[nH]c(=O)c2I)c1. The van der Waals surface area contributed by atoms with Gasteiger partial charge in [-0.25, -0.2) is 0 Å². The first kappa shape index (κ1) is 20.9. The number of halogens is 1. The fraction of sp³-hybridized carbons (Fsp3) is 0.174. The summed E-state index contributed by atoms with van der Waals surface area (Å²) in [5.74, 6) is 0.804. The lowest BCUT2D eigenvalue weighted by atomic mass is 10.1. The molecule has 152 valence electrons. The van der Waals surface area contributed by atoms with Crippen molar-refractivity contribution in [1.29, 1.82) is 0 Å². The van der Waals surface area contributed by atoms with Gasteiger partial charge in [-0.3, -0.25) is 4.79 Å². The maximum atomic E-state index is 12.5. The van der Waals surface area contributed by atoms with Gasteiger partial charge in [0.15, 0.2) is 5.82 Å². The summed E-state index contributed by atoms with van der Waals surface area (Å²) < 4.78 is 2.73. The number of hydrogen-bond acceptors (Lipinski definition) is 4. The summed E-state index contributed by atoms with van der Waals surface area (Å²) in [4.78, 5) is 17.6. The Labute approximate surface area is 193 Å². The smallest absolute Gasteiger partial charge is 0.262 e. The number of aromatic amines is 1. The summed E-state index contributed by atoms with van der Waals surface area (Å²) >= 11 is 3.79. The lowest BCUT2D eigenvalue weighted by Gasteiger charge is -2.16. The Morgan fingerprint density at radius 1 is 1.07 bits per heavy atom. The molecule has 2 heterocycles. The summed E-state index contributed by atoms with van der Waals surface area (Å²) in [6, 6.07) is 16.5. The van der Waals surface area contributed by atoms with E-state index in [1.54, 1.807) is 18.1 Å². The van der Waals surface area contributed by atoms with E-state index in [4.69, 9.17) is 0 Å². The van der Waals surface area contributed by atoms with Crippen molar-refractivity contribution < 1.29 is 0 Å². The molecule has 0 saturated carbocycles. The molecular formula is C23H21IN4OS. The highest BCUT2D eigenvalue weighted by Gasteiger charge is 2.18. The van der Waals surface area contributed by atoms with E-state index in [1.165, 1.54) is 11.1 Å². The van der Waals surface area contributed by atoms with Crippen molar-refractivity contribution in [1.82, 2.24) is 19.7 Å². The van der Waals surface area contributed by atoms with E-state index >= 15 is 0 Å². The zero-order valence-corrected chi connectivity index (χ0v) is 19.9. The second-order valence-corrected chi connectivity index (χ2v) is 9.44. The molecule has 0 aliphatic carbocycles. The third-order valence-electron chi connectivity index (χ3n) is 4.82. The first-order valence-corrected chi connectivity index (χ1v) is 11.4. The number of aromatic nitrogens is 4. The molecule has 4 aromatic rings. The van der Waals surface area contributed by atoms with Crippen LogP contribution in [0.4, 0.5) is 0 Å². The Balaban J connectivity index is 1.79. The van der Waals surface area contributed by atoms with Crippen molar-refractivity contribution in [3.8, 4) is 11.4 Å². The molecule has 0 saturated heterocycles. The average molecular weight is 528 g/mol. The van der Waals surface area contributed by atoms with Crippen LogP contribution in [0, 0.1) is 24.3 Å². The van der Waals surface area contributed by atoms with Crippen LogP contribution < -0.4 is 5.56 Å². The fourth-order valence-electron chi connectivity index (χ4n) is 3.46. The van der Waals surface area contributed by atoms with Crippen molar-refractivity contribution in [3.05, 3.63) is 91.2 Å². The van der Waals surface area contributed by atoms with Crippen LogP contribution in [0.1, 0.15) is 22.4 Å². The Kier molecular flexibility index (Phi) is 6.10. The topological polar surface area (TPSA) is 63.6 Å². The summed E-state index contributed by atoms with van der Waals surface area (Å²) in [7, 11) is 0. The van der Waals surface area contributed by atoms with Crippen LogP contribution in [0.2, 0.25) is 0 Å². The number of aryl methyl sites for hydroxylation is 3. The first-order valence-electron chi connectivity index (χ1n) is 9.53. The molecule has 4 rings (SSSR count). The summed E-state index contributed by atoms with van der Waals surface area (Å²) in [6.07, 6.45) is 1.74. The standard InChI is InChI=1S/C23H21IN4OS/c1-14-9-15(2)11-18(10-14)30-21-19(16(3)26-23(29)20(21)24)12-28-13-25-27-22(28)17-7-5-4-6-8-17/h4-11,13H,12H2,1-3H3,(H,26,29). The molecule has 0 aliphatic heterocycles. The molecule has 0 amide bonds. The van der Waals surface area contributed by atoms with E-state index in [1.807, 2.05) is 41.8 Å². The van der Waals surface area contributed by atoms with Gasteiger partial charge in [0, 0.05) is 26.6 Å². The Morgan fingerprint density at radius 2 is 1.77 bits per heavy atom. The fourth-order valence-corrected chi connectivity index (χ4v) is 5.50. The van der Waals surface area contributed by atoms with Crippen LogP contribution in [-0.4, -0.2) is 19.7 Å². The van der Waals surface area contributed by atoms with Crippen LogP contribution in [0.5, 0.6) is 0 Å². The van der Waals surface area contributed by atoms with Crippen molar-refractivity contribution >= 4 is 34.4 Å². The van der Waals surface area contributed by atoms with Crippen molar-refractivity contribution in [2.45, 2.75) is 37.1 Å². The van der Waals surface area contributed by atoms with E-state index in [0.29, 0.717) is 10.1 Å². The second kappa shape index (κ2) is 8.77. The predicted octanol–water partition coefficient (Wildman–Crippen LogP) is 5.36. The highest BCUT2D eigenvalue weighted by Crippen LogP contribution is 2.35. The summed E-state index contributed by atoms with van der Waals surface area (Å²) in [5.41, 5.74) is 5.30. The molecule has 0 aliphatic rings. The zero-order valence-electron chi connectivity index (χ0n) is 16.9. The number of hydrogen-bond donors (Lipinski definition) is 1. The molecular weight excluding hydrogens is 507 g/mol. The quantitative estimate of drug-likeness (QED) is 0.354. The molecule has 0 fully saturated rings. The average Bonchev–Trinajstić information content (AvgIpc) is 3.17. The Hall–Kier alpha value is -2.39. The molecule has 7 heteroatoms. The number of nitrogens with zero attached hydrogens (tertiary/aromatic N) is 3. The molecule has 2 aromatic heterocycles. The highest BCUT2D eigenvalue weighted by molar-refractivity contribution is 14.1. The minimum atomic E-state index is -0.0595. The van der Waals surface area contributed by atoms with Gasteiger partial charge in [0.25, 0.3) is 5.56 Å². The Bertz CT molecular complexity index is 1240. The van der Waals surface area contributed by atoms with E-state index in [-0.39, 0.29) is 5.56 Å². The largest absolute Gasteiger partial charge is 0.325 e. The van der Waals surface area contributed by atoms with Crippen molar-refractivity contribution in [2.75, 3.05) is 0 Å². The summed E-state index contributed by atoms with van der Waals surface area (Å²) in [5, 5.41) is 8.45. The number of rotatable bonds is 5. The zero-order chi connectivity index (χ0) is 21.3. The highest BCUT2D eigenvalue weighted by atomic mass is 127. The lowest BCUT2D eigenvalue weighted by molar-refractivity contribution is 0.769. The maximum Gasteiger partial charge on any atom is 0.262 e. The second-order valence-electron chi connectivity index (χ2n) is 7.27. The maximum absolute atomic E-state index is 12.5. The van der Waals surface area contributed by atoms with E-state index < -0.39 is 0 Å².